The van der Waals surface area contributed by atoms with E-state index in [1.54, 1.807) is 27.7 Å². The van der Waals surface area contributed by atoms with Gasteiger partial charge in [-0.3, -0.25) is 9.79 Å². The molecule has 48 heavy (non-hydrogen) atoms. The number of halogens is 2. The van der Waals surface area contributed by atoms with E-state index in [9.17, 15) is 9.59 Å². The highest BCUT2D eigenvalue weighted by molar-refractivity contribution is 8.15. The molecule has 2 aromatic rings. The molecule has 0 spiro atoms. The molecular formula is C33H41F2N5O6SSi. The smallest absolute Gasteiger partial charge is 0.418 e. The minimum atomic E-state index is -1.45. The molecule has 11 nitrogen and oxygen atoms in total. The molecule has 0 radical (unpaired) electrons. The number of fused-ring (bicyclic) bond motifs is 1. The summed E-state index contributed by atoms with van der Waals surface area (Å²) < 4.78 is 51.8. The highest BCUT2D eigenvalue weighted by Gasteiger charge is 2.72. The maximum atomic E-state index is 15.7. The Morgan fingerprint density at radius 1 is 1.21 bits per heavy atom. The van der Waals surface area contributed by atoms with Gasteiger partial charge in [-0.25, -0.2) is 29.0 Å². The molecule has 4 rings (SSSR count). The van der Waals surface area contributed by atoms with E-state index in [-0.39, 0.29) is 47.6 Å². The quantitative estimate of drug-likeness (QED) is 0.0659. The van der Waals surface area contributed by atoms with Crippen LogP contribution >= 0.6 is 11.8 Å². The van der Waals surface area contributed by atoms with Crippen molar-refractivity contribution >= 4 is 49.0 Å². The summed E-state index contributed by atoms with van der Waals surface area (Å²) in [5.41, 5.74) is -2.15. The normalized spacial score (nSPS) is 22.1. The van der Waals surface area contributed by atoms with Crippen molar-refractivity contribution in [2.24, 2.45) is 10.9 Å². The first kappa shape index (κ1) is 37.0. The van der Waals surface area contributed by atoms with Crippen molar-refractivity contribution in [1.82, 2.24) is 19.9 Å². The molecule has 1 amide bonds. The van der Waals surface area contributed by atoms with Crippen LogP contribution in [0.2, 0.25) is 25.7 Å². The summed E-state index contributed by atoms with van der Waals surface area (Å²) in [5.74, 6) is -0.253. The van der Waals surface area contributed by atoms with E-state index in [1.165, 1.54) is 36.7 Å². The molecule has 2 aromatic heterocycles. The number of hydrogen-bond acceptors (Lipinski definition) is 11. The van der Waals surface area contributed by atoms with Gasteiger partial charge in [-0.15, -0.1) is 6.42 Å². The van der Waals surface area contributed by atoms with Crippen LogP contribution in [0.4, 0.5) is 13.6 Å². The second-order valence-electron chi connectivity index (χ2n) is 13.9. The van der Waals surface area contributed by atoms with E-state index in [2.05, 4.69) is 40.5 Å². The highest BCUT2D eigenvalue weighted by atomic mass is 32.2. The van der Waals surface area contributed by atoms with Gasteiger partial charge in [0.1, 0.15) is 22.8 Å². The number of rotatable bonds is 11. The van der Waals surface area contributed by atoms with Crippen molar-refractivity contribution in [2.45, 2.75) is 75.7 Å². The predicted molar refractivity (Wildman–Crippen MR) is 182 cm³/mol. The Bertz CT molecular complexity index is 1640. The zero-order valence-electron chi connectivity index (χ0n) is 28.4. The van der Waals surface area contributed by atoms with Crippen molar-refractivity contribution < 1.29 is 37.3 Å². The standard InChI is InChI=1S/C33H41F2N5O6SSi/c1-10-11-45-26-19-36-24(18-37-26)23(34)15-21-14-22(27(35)38-17-21)32(5)25-16-33(25,28(41)43-6)47-29(39-32)40(30(42)46-31(2,3)4)20-44-12-13-48(7,8)9/h1,14-15,17-19,25H,11-13,16,20H2,2-9H3/b23-15-/t25-,32+,33-/m0/s1. The molecule has 1 aliphatic carbocycles. The molecule has 1 fully saturated rings. The number of hydrogen-bond donors (Lipinski definition) is 0. The Morgan fingerprint density at radius 2 is 1.94 bits per heavy atom. The zero-order valence-corrected chi connectivity index (χ0v) is 30.2. The summed E-state index contributed by atoms with van der Waals surface area (Å²) in [4.78, 5) is 44.9. The lowest BCUT2D eigenvalue weighted by molar-refractivity contribution is -0.141. The highest BCUT2D eigenvalue weighted by Crippen LogP contribution is 2.67. The molecular weight excluding hydrogens is 661 g/mol. The summed E-state index contributed by atoms with van der Waals surface area (Å²) in [6.45, 7) is 13.7. The van der Waals surface area contributed by atoms with E-state index in [4.69, 9.17) is 30.4 Å². The van der Waals surface area contributed by atoms with Crippen LogP contribution in [0.25, 0.3) is 11.9 Å². The molecule has 2 aliphatic rings. The first-order chi connectivity index (χ1) is 22.4. The van der Waals surface area contributed by atoms with Crippen LogP contribution < -0.4 is 4.74 Å². The van der Waals surface area contributed by atoms with Crippen LogP contribution in [0.5, 0.6) is 5.88 Å². The van der Waals surface area contributed by atoms with Gasteiger partial charge in [0, 0.05) is 32.4 Å². The van der Waals surface area contributed by atoms with Gasteiger partial charge in [0.05, 0.1) is 25.0 Å². The molecule has 0 aromatic carbocycles. The summed E-state index contributed by atoms with van der Waals surface area (Å²) in [6, 6.07) is 2.27. The second-order valence-corrected chi connectivity index (χ2v) is 20.8. The average molecular weight is 702 g/mol. The van der Waals surface area contributed by atoms with Crippen molar-refractivity contribution in [3.05, 3.63) is 47.4 Å². The van der Waals surface area contributed by atoms with Crippen molar-refractivity contribution in [1.29, 1.82) is 0 Å². The fraction of sp³-hybridized carbons (Fsp3) is 0.515. The lowest BCUT2D eigenvalue weighted by Gasteiger charge is -2.37. The maximum absolute atomic E-state index is 15.7. The Morgan fingerprint density at radius 3 is 2.54 bits per heavy atom. The molecule has 258 valence electrons. The van der Waals surface area contributed by atoms with E-state index in [1.807, 2.05) is 0 Å². The number of ether oxygens (including phenoxy) is 4. The number of terminal acetylenes is 1. The number of amidine groups is 1. The van der Waals surface area contributed by atoms with Gasteiger partial charge in [0.2, 0.25) is 11.8 Å². The van der Waals surface area contributed by atoms with Crippen LogP contribution in [0.3, 0.4) is 0 Å². The third kappa shape index (κ3) is 8.58. The Kier molecular flexibility index (Phi) is 11.0. The van der Waals surface area contributed by atoms with Gasteiger partial charge in [-0.05, 0) is 57.9 Å². The number of aliphatic imine (C=N–C) groups is 1. The topological polar surface area (TPSA) is 125 Å². The minimum Gasteiger partial charge on any atom is -0.468 e. The predicted octanol–water partition coefficient (Wildman–Crippen LogP) is 6.29. The molecule has 0 N–H and O–H groups in total. The molecule has 0 unspecified atom stereocenters. The van der Waals surface area contributed by atoms with Gasteiger partial charge in [-0.1, -0.05) is 37.3 Å². The summed E-state index contributed by atoms with van der Waals surface area (Å²) in [5, 5.41) is 0.104. The van der Waals surface area contributed by atoms with Gasteiger partial charge in [-0.2, -0.15) is 4.39 Å². The second kappa shape index (κ2) is 14.3. The van der Waals surface area contributed by atoms with Crippen LogP contribution in [0.1, 0.15) is 50.9 Å². The first-order valence-corrected chi connectivity index (χ1v) is 19.8. The molecule has 0 saturated heterocycles. The number of thioether (sulfide) groups is 1. The Labute approximate surface area is 284 Å². The van der Waals surface area contributed by atoms with E-state index >= 15 is 8.78 Å². The Hall–Kier alpha value is -3.87. The number of nitrogens with zero attached hydrogens (tertiary/aromatic N) is 5. The fourth-order valence-electron chi connectivity index (χ4n) is 5.06. The number of amides is 1. The zero-order chi connectivity index (χ0) is 35.5. The maximum Gasteiger partial charge on any atom is 0.418 e. The lowest BCUT2D eigenvalue weighted by Crippen LogP contribution is -2.47. The molecule has 3 heterocycles. The number of pyridine rings is 1. The number of esters is 1. The molecule has 15 heteroatoms. The van der Waals surface area contributed by atoms with Crippen molar-refractivity contribution in [3.8, 4) is 18.2 Å². The van der Waals surface area contributed by atoms with Crippen molar-refractivity contribution in [3.63, 3.8) is 0 Å². The first-order valence-electron chi connectivity index (χ1n) is 15.3. The number of carbonyl (C=O) groups excluding carboxylic acids is 2. The van der Waals surface area contributed by atoms with Crippen LogP contribution in [-0.4, -0.2) is 82.6 Å². The lowest BCUT2D eigenvalue weighted by atomic mass is 9.86. The minimum absolute atomic E-state index is 0.00512. The fourth-order valence-corrected chi connectivity index (χ4v) is 7.40. The van der Waals surface area contributed by atoms with E-state index < -0.39 is 53.7 Å². The van der Waals surface area contributed by atoms with Crippen LogP contribution in [-0.2, 0) is 24.5 Å². The van der Waals surface area contributed by atoms with Crippen molar-refractivity contribution in [2.75, 3.05) is 27.1 Å². The van der Waals surface area contributed by atoms with Gasteiger partial charge in [0.25, 0.3) is 0 Å². The largest absolute Gasteiger partial charge is 0.468 e. The van der Waals surface area contributed by atoms with Gasteiger partial charge >= 0.3 is 12.1 Å². The monoisotopic (exact) mass is 701 g/mol. The average Bonchev–Trinajstić information content (AvgIpc) is 3.76. The molecule has 0 bridgehead atoms. The van der Waals surface area contributed by atoms with E-state index in [0.717, 1.165) is 23.9 Å². The van der Waals surface area contributed by atoms with Crippen LogP contribution in [0.15, 0.2) is 29.6 Å². The number of aromatic nitrogens is 3. The summed E-state index contributed by atoms with van der Waals surface area (Å²) in [6.07, 6.45) is 9.43. The van der Waals surface area contributed by atoms with Gasteiger partial charge in [0.15, 0.2) is 17.6 Å². The number of methoxy groups -OCH3 is 1. The summed E-state index contributed by atoms with van der Waals surface area (Å²) >= 11 is 1.07. The van der Waals surface area contributed by atoms with Crippen LogP contribution in [0, 0.1) is 24.2 Å². The number of carbonyl (C=O) groups is 2. The molecule has 3 atom stereocenters. The van der Waals surface area contributed by atoms with Gasteiger partial charge < -0.3 is 18.9 Å². The van der Waals surface area contributed by atoms with E-state index in [0.29, 0.717) is 6.61 Å². The SMILES string of the molecule is C#CCOc1cnc(/C(F)=C/c2cnc(F)c([C@@]3(C)N=C(N(COCC[Si](C)(C)C)C(=O)OC(C)(C)C)S[C@@]4(C(=O)OC)C[C@H]43)c2)cn1. The summed E-state index contributed by atoms with van der Waals surface area (Å²) in [7, 11) is -0.174. The molecule has 1 aliphatic heterocycles. The third-order valence-corrected chi connectivity index (χ3v) is 10.8. The Balaban J connectivity index is 1.74. The third-order valence-electron chi connectivity index (χ3n) is 7.66. The molecule has 1 saturated carbocycles.